The van der Waals surface area contributed by atoms with Gasteiger partial charge in [-0.05, 0) is 29.8 Å². The molecule has 0 radical (unpaired) electrons. The van der Waals surface area contributed by atoms with E-state index >= 15 is 0 Å². The quantitative estimate of drug-likeness (QED) is 0.871. The number of hydrogen-bond acceptors (Lipinski definition) is 4. The summed E-state index contributed by atoms with van der Waals surface area (Å²) in [5.74, 6) is -0.803. The Bertz CT molecular complexity index is 810. The van der Waals surface area contributed by atoms with E-state index in [9.17, 15) is 12.8 Å². The van der Waals surface area contributed by atoms with E-state index < -0.39 is 15.7 Å². The van der Waals surface area contributed by atoms with Crippen LogP contribution in [0.15, 0.2) is 47.4 Å². The van der Waals surface area contributed by atoms with E-state index in [2.05, 4.69) is 0 Å². The van der Waals surface area contributed by atoms with Crippen LogP contribution in [0.3, 0.4) is 0 Å². The van der Waals surface area contributed by atoms with Crippen molar-refractivity contribution in [1.82, 2.24) is 0 Å². The Morgan fingerprint density at radius 2 is 1.95 bits per heavy atom. The third-order valence-corrected chi connectivity index (χ3v) is 4.63. The number of methoxy groups -OCH3 is 1. The highest BCUT2D eigenvalue weighted by molar-refractivity contribution is 7.90. The summed E-state index contributed by atoms with van der Waals surface area (Å²) < 4.78 is 43.0. The second kappa shape index (κ2) is 5.94. The summed E-state index contributed by atoms with van der Waals surface area (Å²) in [7, 11) is -2.39. The molecular weight excluding hydrogens is 293 g/mol. The van der Waals surface area contributed by atoms with Crippen LogP contribution in [0.2, 0.25) is 0 Å². The molecule has 2 rings (SSSR count). The maximum absolute atomic E-state index is 13.6. The van der Waals surface area contributed by atoms with Crippen LogP contribution in [0.1, 0.15) is 11.1 Å². The van der Waals surface area contributed by atoms with Crippen molar-refractivity contribution in [2.24, 2.45) is 0 Å². The normalized spacial score (nSPS) is 10.9. The Kier molecular flexibility index (Phi) is 4.24. The predicted molar refractivity (Wildman–Crippen MR) is 75.0 cm³/mol. The molecule has 6 heteroatoms. The second-order valence-corrected chi connectivity index (χ2v) is 6.29. The molecular formula is C15H12FNO3S. The van der Waals surface area contributed by atoms with Crippen molar-refractivity contribution in [2.75, 3.05) is 7.11 Å². The SMILES string of the molecule is COc1ccc(CS(=O)(=O)c2ccccc2F)cc1C#N. The van der Waals surface area contributed by atoms with Crippen LogP contribution in [0.5, 0.6) is 5.75 Å². The lowest BCUT2D eigenvalue weighted by molar-refractivity contribution is 0.413. The van der Waals surface area contributed by atoms with Crippen LogP contribution in [-0.2, 0) is 15.6 Å². The number of rotatable bonds is 4. The fraction of sp³-hybridized carbons (Fsp3) is 0.133. The van der Waals surface area contributed by atoms with Gasteiger partial charge in [-0.3, -0.25) is 0 Å². The fourth-order valence-corrected chi connectivity index (χ4v) is 3.35. The maximum Gasteiger partial charge on any atom is 0.185 e. The van der Waals surface area contributed by atoms with Crippen LogP contribution < -0.4 is 4.74 Å². The van der Waals surface area contributed by atoms with Gasteiger partial charge in [-0.25, -0.2) is 12.8 Å². The molecule has 0 amide bonds. The first-order chi connectivity index (χ1) is 9.97. The molecule has 0 aromatic heterocycles. The lowest BCUT2D eigenvalue weighted by atomic mass is 10.1. The number of nitrogens with zero attached hydrogens (tertiary/aromatic N) is 1. The molecule has 0 aliphatic rings. The topological polar surface area (TPSA) is 67.2 Å². The summed E-state index contributed by atoms with van der Waals surface area (Å²) in [4.78, 5) is -0.348. The van der Waals surface area contributed by atoms with Gasteiger partial charge in [0.15, 0.2) is 9.84 Å². The van der Waals surface area contributed by atoms with E-state index in [1.54, 1.807) is 0 Å². The molecule has 0 heterocycles. The highest BCUT2D eigenvalue weighted by atomic mass is 32.2. The highest BCUT2D eigenvalue weighted by Gasteiger charge is 2.20. The first kappa shape index (κ1) is 15.0. The molecule has 108 valence electrons. The van der Waals surface area contributed by atoms with Crippen molar-refractivity contribution in [2.45, 2.75) is 10.6 Å². The second-order valence-electron chi connectivity index (χ2n) is 4.34. The van der Waals surface area contributed by atoms with Crippen molar-refractivity contribution in [3.8, 4) is 11.8 Å². The van der Waals surface area contributed by atoms with Gasteiger partial charge in [-0.1, -0.05) is 18.2 Å². The third-order valence-electron chi connectivity index (χ3n) is 2.91. The number of hydrogen-bond donors (Lipinski definition) is 0. The average Bonchev–Trinajstić information content (AvgIpc) is 2.47. The Balaban J connectivity index is 2.38. The van der Waals surface area contributed by atoms with Crippen LogP contribution in [0.4, 0.5) is 4.39 Å². The van der Waals surface area contributed by atoms with Gasteiger partial charge < -0.3 is 4.74 Å². The zero-order valence-corrected chi connectivity index (χ0v) is 12.0. The first-order valence-corrected chi connectivity index (χ1v) is 7.67. The summed E-state index contributed by atoms with van der Waals surface area (Å²) in [6.45, 7) is 0. The van der Waals surface area contributed by atoms with Gasteiger partial charge in [-0.2, -0.15) is 5.26 Å². The van der Waals surface area contributed by atoms with E-state index in [1.807, 2.05) is 6.07 Å². The molecule has 0 aliphatic carbocycles. The van der Waals surface area contributed by atoms with E-state index in [0.29, 0.717) is 11.3 Å². The lowest BCUT2D eigenvalue weighted by Crippen LogP contribution is -2.07. The minimum absolute atomic E-state index is 0.235. The van der Waals surface area contributed by atoms with Crippen LogP contribution in [0.25, 0.3) is 0 Å². The number of halogens is 1. The smallest absolute Gasteiger partial charge is 0.185 e. The van der Waals surface area contributed by atoms with Crippen molar-refractivity contribution in [3.63, 3.8) is 0 Å². The molecule has 0 bridgehead atoms. The standard InChI is InChI=1S/C15H12FNO3S/c1-20-14-7-6-11(8-12(14)9-17)10-21(18,19)15-5-3-2-4-13(15)16/h2-8H,10H2,1H3. The van der Waals surface area contributed by atoms with Crippen molar-refractivity contribution >= 4 is 9.84 Å². The van der Waals surface area contributed by atoms with E-state index in [-0.39, 0.29) is 16.2 Å². The molecule has 0 fully saturated rings. The Labute approximate surface area is 122 Å². The van der Waals surface area contributed by atoms with Gasteiger partial charge in [0.1, 0.15) is 22.5 Å². The van der Waals surface area contributed by atoms with Crippen LogP contribution in [-0.4, -0.2) is 15.5 Å². The summed E-state index contributed by atoms with van der Waals surface area (Å²) >= 11 is 0. The molecule has 0 aliphatic heterocycles. The lowest BCUT2D eigenvalue weighted by Gasteiger charge is -2.08. The highest BCUT2D eigenvalue weighted by Crippen LogP contribution is 2.23. The van der Waals surface area contributed by atoms with Gasteiger partial charge >= 0.3 is 0 Å². The molecule has 0 unspecified atom stereocenters. The van der Waals surface area contributed by atoms with E-state index in [0.717, 1.165) is 6.07 Å². The number of sulfone groups is 1. The Morgan fingerprint density at radius 1 is 1.24 bits per heavy atom. The number of ether oxygens (including phenoxy) is 1. The molecule has 0 saturated heterocycles. The zero-order valence-electron chi connectivity index (χ0n) is 11.2. The monoisotopic (exact) mass is 305 g/mol. The maximum atomic E-state index is 13.6. The molecule has 4 nitrogen and oxygen atoms in total. The average molecular weight is 305 g/mol. The van der Waals surface area contributed by atoms with Crippen molar-refractivity contribution < 1.29 is 17.5 Å². The molecule has 2 aromatic carbocycles. The van der Waals surface area contributed by atoms with Crippen LogP contribution >= 0.6 is 0 Å². The Hall–Kier alpha value is -2.39. The van der Waals surface area contributed by atoms with Gasteiger partial charge in [0.25, 0.3) is 0 Å². The largest absolute Gasteiger partial charge is 0.495 e. The van der Waals surface area contributed by atoms with Gasteiger partial charge in [0, 0.05) is 0 Å². The Morgan fingerprint density at radius 3 is 2.57 bits per heavy atom. The fourth-order valence-electron chi connectivity index (χ4n) is 1.93. The summed E-state index contributed by atoms with van der Waals surface area (Å²) in [5, 5.41) is 8.99. The van der Waals surface area contributed by atoms with Gasteiger partial charge in [0.2, 0.25) is 0 Å². The van der Waals surface area contributed by atoms with E-state index in [4.69, 9.17) is 10.00 Å². The molecule has 0 spiro atoms. The molecule has 0 N–H and O–H groups in total. The van der Waals surface area contributed by atoms with E-state index in [1.165, 1.54) is 43.5 Å². The van der Waals surface area contributed by atoms with Crippen molar-refractivity contribution in [1.29, 1.82) is 5.26 Å². The number of nitriles is 1. The van der Waals surface area contributed by atoms with Crippen LogP contribution in [0, 0.1) is 17.1 Å². The first-order valence-electron chi connectivity index (χ1n) is 6.02. The third kappa shape index (κ3) is 3.20. The molecule has 21 heavy (non-hydrogen) atoms. The minimum Gasteiger partial charge on any atom is -0.495 e. The van der Waals surface area contributed by atoms with Gasteiger partial charge in [-0.15, -0.1) is 0 Å². The summed E-state index contributed by atoms with van der Waals surface area (Å²) in [5.41, 5.74) is 0.634. The summed E-state index contributed by atoms with van der Waals surface area (Å²) in [6.07, 6.45) is 0. The zero-order chi connectivity index (χ0) is 15.5. The predicted octanol–water partition coefficient (Wildman–Crippen LogP) is 2.68. The molecule has 0 saturated carbocycles. The molecule has 2 aromatic rings. The van der Waals surface area contributed by atoms with Gasteiger partial charge in [0.05, 0.1) is 18.4 Å². The van der Waals surface area contributed by atoms with Crippen molar-refractivity contribution in [3.05, 3.63) is 59.4 Å². The molecule has 0 atom stereocenters. The summed E-state index contributed by atoms with van der Waals surface area (Å²) in [6, 6.07) is 11.6. The minimum atomic E-state index is -3.81. The number of benzene rings is 2.